The van der Waals surface area contributed by atoms with E-state index in [0.29, 0.717) is 28.9 Å². The Kier molecular flexibility index (Phi) is 6.21. The Morgan fingerprint density at radius 2 is 1.85 bits per heavy atom. The number of methoxy groups -OCH3 is 1. The van der Waals surface area contributed by atoms with Crippen LogP contribution in [0.25, 0.3) is 22.2 Å². The van der Waals surface area contributed by atoms with E-state index in [9.17, 15) is 14.9 Å². The average Bonchev–Trinajstić information content (AvgIpc) is 3.12. The summed E-state index contributed by atoms with van der Waals surface area (Å²) < 4.78 is 17.6. The number of nitro groups is 1. The molecule has 0 spiro atoms. The second-order valence-corrected chi connectivity index (χ2v) is 7.09. The van der Waals surface area contributed by atoms with Gasteiger partial charge in [-0.15, -0.1) is 0 Å². The second-order valence-electron chi connectivity index (χ2n) is 7.09. The average molecular weight is 447 g/mol. The first-order valence-corrected chi connectivity index (χ1v) is 10.2. The summed E-state index contributed by atoms with van der Waals surface area (Å²) in [4.78, 5) is 27.6. The largest absolute Gasteiger partial charge is 0.515 e. The lowest BCUT2D eigenvalue weighted by Gasteiger charge is -2.12. The summed E-state index contributed by atoms with van der Waals surface area (Å²) >= 11 is 0. The van der Waals surface area contributed by atoms with Crippen LogP contribution >= 0.6 is 0 Å². The molecule has 33 heavy (non-hydrogen) atoms. The smallest absolute Gasteiger partial charge is 0.497 e. The lowest BCUT2D eigenvalue weighted by atomic mass is 10.1. The van der Waals surface area contributed by atoms with Crippen molar-refractivity contribution in [1.29, 1.82) is 0 Å². The first kappa shape index (κ1) is 21.8. The number of hydrogen-bond acceptors (Lipinski definition) is 7. The highest BCUT2D eigenvalue weighted by Gasteiger charge is 2.26. The van der Waals surface area contributed by atoms with Gasteiger partial charge in [-0.1, -0.05) is 42.5 Å². The van der Waals surface area contributed by atoms with Gasteiger partial charge in [-0.25, -0.2) is 9.78 Å². The van der Waals surface area contributed by atoms with Gasteiger partial charge in [-0.05, 0) is 30.2 Å². The standard InChI is InChI=1S/C24H21N3O6/c1-3-32-24(28)33-23-21(17-7-5-4-6-8-17)20-13-18(27(29)30)14-25-22(20)26(23)15-16-9-11-19(31-2)12-10-16/h4-14H,3,15H2,1-2H3. The van der Waals surface area contributed by atoms with Gasteiger partial charge in [-0.2, -0.15) is 0 Å². The van der Waals surface area contributed by atoms with Crippen LogP contribution in [0.4, 0.5) is 10.5 Å². The van der Waals surface area contributed by atoms with E-state index in [1.54, 1.807) is 18.6 Å². The van der Waals surface area contributed by atoms with E-state index in [0.717, 1.165) is 11.1 Å². The number of carbonyl (C=O) groups is 1. The number of pyridine rings is 1. The van der Waals surface area contributed by atoms with Crippen molar-refractivity contribution in [3.63, 3.8) is 0 Å². The third-order valence-electron chi connectivity index (χ3n) is 5.05. The Morgan fingerprint density at radius 1 is 1.12 bits per heavy atom. The van der Waals surface area contributed by atoms with E-state index < -0.39 is 11.1 Å². The van der Waals surface area contributed by atoms with Crippen LogP contribution in [0.3, 0.4) is 0 Å². The van der Waals surface area contributed by atoms with Gasteiger partial charge in [0.2, 0.25) is 5.88 Å². The molecule has 0 radical (unpaired) electrons. The predicted molar refractivity (Wildman–Crippen MR) is 122 cm³/mol. The van der Waals surface area contributed by atoms with Gasteiger partial charge in [0.05, 0.1) is 30.7 Å². The maximum absolute atomic E-state index is 12.3. The summed E-state index contributed by atoms with van der Waals surface area (Å²) in [5.74, 6) is 0.899. The Balaban J connectivity index is 1.96. The van der Waals surface area contributed by atoms with Crippen molar-refractivity contribution in [3.8, 4) is 22.8 Å². The van der Waals surface area contributed by atoms with Crippen LogP contribution in [0.2, 0.25) is 0 Å². The highest BCUT2D eigenvalue weighted by molar-refractivity contribution is 5.99. The monoisotopic (exact) mass is 447 g/mol. The van der Waals surface area contributed by atoms with E-state index >= 15 is 0 Å². The van der Waals surface area contributed by atoms with Gasteiger partial charge in [0.1, 0.15) is 17.6 Å². The van der Waals surface area contributed by atoms with Crippen molar-refractivity contribution in [2.45, 2.75) is 13.5 Å². The maximum atomic E-state index is 12.3. The Bertz CT molecular complexity index is 1300. The highest BCUT2D eigenvalue weighted by atomic mass is 16.7. The minimum absolute atomic E-state index is 0.141. The lowest BCUT2D eigenvalue weighted by molar-refractivity contribution is -0.385. The molecule has 0 atom stereocenters. The number of benzene rings is 2. The number of aromatic nitrogens is 2. The van der Waals surface area contributed by atoms with Crippen LogP contribution in [-0.2, 0) is 11.3 Å². The number of carbonyl (C=O) groups excluding carboxylic acids is 1. The first-order chi connectivity index (χ1) is 16.0. The molecule has 9 nitrogen and oxygen atoms in total. The molecule has 0 N–H and O–H groups in total. The number of nitrogens with zero attached hydrogens (tertiary/aromatic N) is 3. The van der Waals surface area contributed by atoms with E-state index in [4.69, 9.17) is 14.2 Å². The summed E-state index contributed by atoms with van der Waals surface area (Å²) in [6.45, 7) is 2.12. The molecule has 0 aliphatic carbocycles. The molecule has 0 aliphatic rings. The first-order valence-electron chi connectivity index (χ1n) is 10.2. The third kappa shape index (κ3) is 4.47. The Hall–Kier alpha value is -4.40. The number of fused-ring (bicyclic) bond motifs is 1. The van der Waals surface area contributed by atoms with Gasteiger partial charge < -0.3 is 14.2 Å². The zero-order valence-electron chi connectivity index (χ0n) is 18.1. The van der Waals surface area contributed by atoms with Crippen LogP contribution in [0.1, 0.15) is 12.5 Å². The molecular formula is C24H21N3O6. The van der Waals surface area contributed by atoms with Crippen LogP contribution in [-0.4, -0.2) is 34.3 Å². The van der Waals surface area contributed by atoms with Crippen LogP contribution < -0.4 is 9.47 Å². The van der Waals surface area contributed by atoms with Crippen LogP contribution in [0.15, 0.2) is 66.9 Å². The normalized spacial score (nSPS) is 10.7. The molecule has 0 bridgehead atoms. The van der Waals surface area contributed by atoms with Gasteiger partial charge in [0, 0.05) is 11.5 Å². The molecule has 4 aromatic rings. The SMILES string of the molecule is CCOC(=O)Oc1c(-c2ccccc2)c2cc([N+](=O)[O-])cnc2n1Cc1ccc(OC)cc1. The van der Waals surface area contributed by atoms with Gasteiger partial charge in [-0.3, -0.25) is 14.7 Å². The van der Waals surface area contributed by atoms with E-state index in [2.05, 4.69) is 4.98 Å². The molecule has 0 unspecified atom stereocenters. The summed E-state index contributed by atoms with van der Waals surface area (Å²) in [5.41, 5.74) is 2.40. The molecule has 2 heterocycles. The lowest BCUT2D eigenvalue weighted by Crippen LogP contribution is -2.14. The summed E-state index contributed by atoms with van der Waals surface area (Å²) in [6, 6.07) is 18.0. The minimum Gasteiger partial charge on any atom is -0.497 e. The molecule has 2 aromatic carbocycles. The van der Waals surface area contributed by atoms with Crippen molar-refractivity contribution in [1.82, 2.24) is 9.55 Å². The van der Waals surface area contributed by atoms with Gasteiger partial charge >= 0.3 is 6.16 Å². The fourth-order valence-corrected chi connectivity index (χ4v) is 3.57. The van der Waals surface area contributed by atoms with Crippen molar-refractivity contribution in [2.24, 2.45) is 0 Å². The highest BCUT2D eigenvalue weighted by Crippen LogP contribution is 2.41. The molecule has 9 heteroatoms. The molecular weight excluding hydrogens is 426 g/mol. The quantitative estimate of drug-likeness (QED) is 0.218. The maximum Gasteiger partial charge on any atom is 0.515 e. The van der Waals surface area contributed by atoms with Crippen LogP contribution in [0, 0.1) is 10.1 Å². The molecule has 0 amide bonds. The zero-order valence-corrected chi connectivity index (χ0v) is 18.1. The minimum atomic E-state index is -0.872. The van der Waals surface area contributed by atoms with Gasteiger partial charge in [0.25, 0.3) is 5.69 Å². The number of rotatable bonds is 7. The molecule has 0 aliphatic heterocycles. The fraction of sp³-hybridized carbons (Fsp3) is 0.167. The van der Waals surface area contributed by atoms with Crippen LogP contribution in [0.5, 0.6) is 11.6 Å². The molecule has 168 valence electrons. The topological polar surface area (TPSA) is 106 Å². The number of hydrogen-bond donors (Lipinski definition) is 0. The Labute approximate surface area is 189 Å². The predicted octanol–water partition coefficient (Wildman–Crippen LogP) is 5.20. The van der Waals surface area contributed by atoms with Crippen molar-refractivity contribution in [3.05, 3.63) is 82.5 Å². The van der Waals surface area contributed by atoms with Crippen molar-refractivity contribution >= 4 is 22.9 Å². The molecule has 0 saturated heterocycles. The van der Waals surface area contributed by atoms with Crippen molar-refractivity contribution in [2.75, 3.05) is 13.7 Å². The van der Waals surface area contributed by atoms with E-state index in [1.165, 1.54) is 12.3 Å². The Morgan fingerprint density at radius 3 is 2.48 bits per heavy atom. The third-order valence-corrected chi connectivity index (χ3v) is 5.05. The molecule has 2 aromatic heterocycles. The molecule has 0 fully saturated rings. The fourth-order valence-electron chi connectivity index (χ4n) is 3.57. The molecule has 4 rings (SSSR count). The van der Waals surface area contributed by atoms with Crippen molar-refractivity contribution < 1.29 is 23.9 Å². The zero-order chi connectivity index (χ0) is 23.4. The van der Waals surface area contributed by atoms with Gasteiger partial charge in [0.15, 0.2) is 0 Å². The van der Waals surface area contributed by atoms with E-state index in [-0.39, 0.29) is 18.2 Å². The second kappa shape index (κ2) is 9.39. The molecule has 0 saturated carbocycles. The van der Waals surface area contributed by atoms with E-state index in [1.807, 2.05) is 54.6 Å². The summed E-state index contributed by atoms with van der Waals surface area (Å²) in [6.07, 6.45) is 0.318. The summed E-state index contributed by atoms with van der Waals surface area (Å²) in [7, 11) is 1.59. The number of ether oxygens (including phenoxy) is 3. The summed E-state index contributed by atoms with van der Waals surface area (Å²) in [5, 5.41) is 11.9.